The molecule has 4 N–H and O–H groups in total. The van der Waals surface area contributed by atoms with Crippen LogP contribution in [0.25, 0.3) is 33.6 Å². The molecule has 0 amide bonds. The summed E-state index contributed by atoms with van der Waals surface area (Å²) in [5, 5.41) is 20.0. The molecule has 294 valence electrons. The first-order valence-electron chi connectivity index (χ1n) is 17.8. The molecule has 0 spiro atoms. The first-order valence-corrected chi connectivity index (χ1v) is 20.9. The number of rotatable bonds is 17. The fourth-order valence-electron chi connectivity index (χ4n) is 5.69. The maximum atomic E-state index is 13.0. The van der Waals surface area contributed by atoms with Crippen molar-refractivity contribution in [3.8, 4) is 45.4 Å². The summed E-state index contributed by atoms with van der Waals surface area (Å²) in [7, 11) is 3.08. The highest BCUT2D eigenvalue weighted by atomic mass is 35.5. The van der Waals surface area contributed by atoms with E-state index in [2.05, 4.69) is 9.44 Å². The Bertz CT molecular complexity index is 1720. The molecule has 0 aliphatic rings. The number of pyridine rings is 2. The number of aromatic nitrogens is 2. The van der Waals surface area contributed by atoms with Gasteiger partial charge in [-0.1, -0.05) is 59.6 Å². The molecular weight excluding hydrogens is 768 g/mol. The van der Waals surface area contributed by atoms with Crippen molar-refractivity contribution in [2.75, 3.05) is 27.4 Å². The molecule has 4 aromatic rings. The van der Waals surface area contributed by atoms with Crippen LogP contribution in [0.2, 0.25) is 10.0 Å². The lowest BCUT2D eigenvalue weighted by molar-refractivity contribution is 0.277. The fourth-order valence-corrected chi connectivity index (χ4v) is 8.06. The van der Waals surface area contributed by atoms with Gasteiger partial charge in [0, 0.05) is 69.3 Å². The first-order chi connectivity index (χ1) is 25.5. The van der Waals surface area contributed by atoms with Crippen LogP contribution in [0.15, 0.2) is 60.7 Å². The lowest BCUT2D eigenvalue weighted by atomic mass is 9.97. The number of benzene rings is 2. The summed E-state index contributed by atoms with van der Waals surface area (Å²) in [6, 6.07) is 18.1. The molecule has 0 saturated carbocycles. The monoisotopic (exact) mass is 818 g/mol. The zero-order valence-electron chi connectivity index (χ0n) is 32.2. The van der Waals surface area contributed by atoms with Gasteiger partial charge < -0.3 is 28.8 Å². The maximum absolute atomic E-state index is 13.0. The molecule has 2 aromatic heterocycles. The number of ether oxygens (including phenoxy) is 2. The van der Waals surface area contributed by atoms with Crippen molar-refractivity contribution < 1.29 is 28.8 Å². The normalized spacial score (nSPS) is 14.4. The van der Waals surface area contributed by atoms with Gasteiger partial charge in [0.15, 0.2) is 0 Å². The lowest BCUT2D eigenvalue weighted by Gasteiger charge is -2.28. The van der Waals surface area contributed by atoms with E-state index in [4.69, 9.17) is 42.6 Å². The van der Waals surface area contributed by atoms with E-state index in [0.717, 1.165) is 11.1 Å². The lowest BCUT2D eigenvalue weighted by Crippen LogP contribution is -2.41. The molecule has 0 aliphatic carbocycles. The van der Waals surface area contributed by atoms with E-state index < -0.39 is 32.2 Å². The van der Waals surface area contributed by atoms with Crippen LogP contribution in [0.5, 0.6) is 11.8 Å². The van der Waals surface area contributed by atoms with Crippen molar-refractivity contribution in [2.45, 2.75) is 88.8 Å². The minimum Gasteiger partial charge on any atom is -0.598 e. The number of nitrogens with zero attached hydrogens (tertiary/aromatic N) is 2. The third-order valence-electron chi connectivity index (χ3n) is 8.67. The van der Waals surface area contributed by atoms with Crippen LogP contribution in [0.3, 0.4) is 0 Å². The summed E-state index contributed by atoms with van der Waals surface area (Å²) >= 11 is 11.6. The Morgan fingerprint density at radius 1 is 0.630 bits per heavy atom. The number of aliphatic hydroxyl groups excluding tert-OH is 2. The quantitative estimate of drug-likeness (QED) is 0.0763. The van der Waals surface area contributed by atoms with Crippen LogP contribution in [0, 0.1) is 0 Å². The topological polar surface area (TPSA) is 155 Å². The minimum atomic E-state index is -1.36. The third-order valence-corrected chi connectivity index (χ3v) is 12.7. The van der Waals surface area contributed by atoms with Crippen LogP contribution in [-0.4, -0.2) is 66.2 Å². The zero-order chi connectivity index (χ0) is 39.8. The van der Waals surface area contributed by atoms with Gasteiger partial charge in [0.05, 0.1) is 47.7 Å². The molecular formula is C40H52Cl2N4O6S2. The summed E-state index contributed by atoms with van der Waals surface area (Å²) in [5.41, 5.74) is 5.31. The number of hydrogen-bond donors (Lipinski definition) is 4. The van der Waals surface area contributed by atoms with Crippen LogP contribution < -0.4 is 18.9 Å². The molecule has 4 rings (SSSR count). The second-order valence-electron chi connectivity index (χ2n) is 14.8. The Hall–Kier alpha value is -2.62. The van der Waals surface area contributed by atoms with Gasteiger partial charge in [-0.15, -0.1) is 9.44 Å². The van der Waals surface area contributed by atoms with Crippen LogP contribution in [-0.2, 0) is 22.7 Å². The van der Waals surface area contributed by atoms with Gasteiger partial charge >= 0.3 is 0 Å². The van der Waals surface area contributed by atoms with Crippen molar-refractivity contribution in [2.24, 2.45) is 0 Å². The van der Waals surface area contributed by atoms with Crippen molar-refractivity contribution in [3.05, 3.63) is 81.8 Å². The van der Waals surface area contributed by atoms with E-state index in [9.17, 15) is 19.3 Å². The van der Waals surface area contributed by atoms with Gasteiger partial charge in [0.2, 0.25) is 11.8 Å². The average Bonchev–Trinajstić information content (AvgIpc) is 3.14. The van der Waals surface area contributed by atoms with Gasteiger partial charge in [-0.05, 0) is 91.5 Å². The maximum Gasteiger partial charge on any atom is 0.218 e. The third kappa shape index (κ3) is 10.8. The fraction of sp³-hybridized carbons (Fsp3) is 0.450. The predicted octanol–water partition coefficient (Wildman–Crippen LogP) is 8.53. The molecule has 14 heteroatoms. The van der Waals surface area contributed by atoms with Gasteiger partial charge in [-0.3, -0.25) is 0 Å². The molecule has 4 atom stereocenters. The molecule has 54 heavy (non-hydrogen) atoms. The number of methoxy groups -OCH3 is 2. The molecule has 2 heterocycles. The average molecular weight is 820 g/mol. The molecule has 4 unspecified atom stereocenters. The summed E-state index contributed by atoms with van der Waals surface area (Å²) in [4.78, 5) is 9.66. The summed E-state index contributed by atoms with van der Waals surface area (Å²) in [6.45, 7) is 11.4. The Balaban J connectivity index is 1.72. The van der Waals surface area contributed by atoms with Crippen molar-refractivity contribution in [1.82, 2.24) is 19.4 Å². The van der Waals surface area contributed by atoms with E-state index in [1.54, 1.807) is 0 Å². The number of halogens is 2. The van der Waals surface area contributed by atoms with Crippen molar-refractivity contribution in [3.63, 3.8) is 0 Å². The summed E-state index contributed by atoms with van der Waals surface area (Å²) in [6.07, 6.45) is 2.07. The van der Waals surface area contributed by atoms with Gasteiger partial charge in [0.1, 0.15) is 9.49 Å². The molecule has 0 bridgehead atoms. The van der Waals surface area contributed by atoms with Crippen molar-refractivity contribution >= 4 is 45.9 Å². The van der Waals surface area contributed by atoms with Crippen LogP contribution in [0.1, 0.15) is 90.4 Å². The molecule has 0 radical (unpaired) electrons. The second-order valence-corrected chi connectivity index (χ2v) is 19.5. The SMILES string of the molecule is COc1nc(-c2cccc(-c3cccc(-c4ccc(C(CCCO)N[S+]([O-])C(C)(C)C)c(OC)n4)c3Cl)c2Cl)ccc1C(CCCO)N[S+]([O-])C(C)(C)C. The van der Waals surface area contributed by atoms with Crippen LogP contribution >= 0.6 is 23.2 Å². The van der Waals surface area contributed by atoms with E-state index in [1.165, 1.54) is 14.2 Å². The van der Waals surface area contributed by atoms with E-state index >= 15 is 0 Å². The largest absolute Gasteiger partial charge is 0.598 e. The molecule has 2 aromatic carbocycles. The second kappa shape index (κ2) is 19.5. The van der Waals surface area contributed by atoms with Crippen molar-refractivity contribution in [1.29, 1.82) is 0 Å². The van der Waals surface area contributed by atoms with E-state index in [0.29, 0.717) is 81.1 Å². The highest BCUT2D eigenvalue weighted by Crippen LogP contribution is 2.43. The first kappa shape index (κ1) is 44.1. The Kier molecular flexibility index (Phi) is 15.9. The highest BCUT2D eigenvalue weighted by Gasteiger charge is 2.33. The van der Waals surface area contributed by atoms with Gasteiger partial charge in [0.25, 0.3) is 0 Å². The molecule has 0 saturated heterocycles. The van der Waals surface area contributed by atoms with Gasteiger partial charge in [-0.25, -0.2) is 9.97 Å². The Morgan fingerprint density at radius 3 is 1.30 bits per heavy atom. The smallest absolute Gasteiger partial charge is 0.218 e. The van der Waals surface area contributed by atoms with E-state index in [1.807, 2.05) is 102 Å². The Morgan fingerprint density at radius 2 is 0.981 bits per heavy atom. The number of hydrogen-bond acceptors (Lipinski definition) is 10. The standard InChI is InChI=1S/C40H52Cl2N4O6S2/c1-39(2,3)53(49)45-33(17-11-23-47)29-19-21-31(43-37(29)51-7)27-15-9-13-25(35(27)41)26-14-10-16-28(36(26)42)32-22-20-30(38(44-32)52-8)34(18-12-24-48)46-54(50)40(4,5)6/h9-10,13-16,19-22,33-34,45-48H,11-12,17-18,23-24H2,1-8H3. The molecule has 0 fully saturated rings. The van der Waals surface area contributed by atoms with Gasteiger partial charge in [-0.2, -0.15) is 0 Å². The summed E-state index contributed by atoms with van der Waals surface area (Å²) < 4.78 is 43.0. The van der Waals surface area contributed by atoms with Crippen LogP contribution in [0.4, 0.5) is 0 Å². The predicted molar refractivity (Wildman–Crippen MR) is 222 cm³/mol. The molecule has 0 aliphatic heterocycles. The van der Waals surface area contributed by atoms with E-state index in [-0.39, 0.29) is 25.3 Å². The highest BCUT2D eigenvalue weighted by molar-refractivity contribution is 7.91. The minimum absolute atomic E-state index is 0.000546. The summed E-state index contributed by atoms with van der Waals surface area (Å²) in [5.74, 6) is 0.717. The molecule has 10 nitrogen and oxygen atoms in total. The number of aliphatic hydroxyl groups is 2. The Labute approximate surface area is 336 Å². The zero-order valence-corrected chi connectivity index (χ0v) is 35.3. The number of nitrogens with one attached hydrogen (secondary N) is 2.